The van der Waals surface area contributed by atoms with Gasteiger partial charge in [-0.2, -0.15) is 0 Å². The quantitative estimate of drug-likeness (QED) is 0.868. The molecule has 1 N–H and O–H groups in total. The molecule has 6 heteroatoms. The molecule has 1 aliphatic heterocycles. The molecular formula is C16H25N3O2S. The Balaban J connectivity index is 1.52. The summed E-state index contributed by atoms with van der Waals surface area (Å²) in [5.41, 5.74) is 0.956. The third kappa shape index (κ3) is 3.86. The Labute approximate surface area is 136 Å². The summed E-state index contributed by atoms with van der Waals surface area (Å²) >= 11 is 1.66. The second-order valence-electron chi connectivity index (χ2n) is 6.19. The van der Waals surface area contributed by atoms with Crippen LogP contribution in [0.25, 0.3) is 0 Å². The van der Waals surface area contributed by atoms with Gasteiger partial charge in [-0.1, -0.05) is 13.3 Å². The molecule has 5 nitrogen and oxygen atoms in total. The first-order chi connectivity index (χ1) is 10.8. The lowest BCUT2D eigenvalue weighted by molar-refractivity contribution is -0.133. The van der Waals surface area contributed by atoms with Crippen molar-refractivity contribution in [3.8, 4) is 0 Å². The highest BCUT2D eigenvalue weighted by atomic mass is 32.1. The number of rotatable bonds is 6. The van der Waals surface area contributed by atoms with Gasteiger partial charge in [0.25, 0.3) is 0 Å². The van der Waals surface area contributed by atoms with Crippen molar-refractivity contribution in [2.24, 2.45) is 5.92 Å². The molecule has 2 fully saturated rings. The van der Waals surface area contributed by atoms with E-state index in [1.807, 2.05) is 5.38 Å². The molecule has 1 atom stereocenters. The minimum Gasteiger partial charge on any atom is -0.378 e. The van der Waals surface area contributed by atoms with E-state index in [2.05, 4.69) is 22.1 Å². The number of nitrogens with one attached hydrogen (secondary N) is 1. The molecule has 1 aromatic heterocycles. The van der Waals surface area contributed by atoms with Crippen LogP contribution in [0.15, 0.2) is 5.38 Å². The first-order valence-electron chi connectivity index (χ1n) is 8.29. The molecule has 0 aromatic carbocycles. The first-order valence-corrected chi connectivity index (χ1v) is 9.17. The molecule has 1 aromatic rings. The van der Waals surface area contributed by atoms with Crippen molar-refractivity contribution in [3.05, 3.63) is 16.1 Å². The summed E-state index contributed by atoms with van der Waals surface area (Å²) in [6.45, 7) is 5.77. The van der Waals surface area contributed by atoms with Crippen LogP contribution in [0.4, 0.5) is 0 Å². The molecular weight excluding hydrogens is 298 g/mol. The van der Waals surface area contributed by atoms with Gasteiger partial charge in [0, 0.05) is 18.5 Å². The van der Waals surface area contributed by atoms with Gasteiger partial charge in [0.2, 0.25) is 5.91 Å². The van der Waals surface area contributed by atoms with Crippen LogP contribution < -0.4 is 5.32 Å². The fourth-order valence-electron chi connectivity index (χ4n) is 2.99. The van der Waals surface area contributed by atoms with Gasteiger partial charge in [-0.25, -0.2) is 4.98 Å². The van der Waals surface area contributed by atoms with E-state index in [4.69, 9.17) is 4.74 Å². The Morgan fingerprint density at radius 1 is 1.55 bits per heavy atom. The minimum absolute atomic E-state index is 0.0741. The van der Waals surface area contributed by atoms with Crippen molar-refractivity contribution in [2.45, 2.75) is 45.2 Å². The van der Waals surface area contributed by atoms with Gasteiger partial charge >= 0.3 is 0 Å². The number of ether oxygens (including phenoxy) is 1. The van der Waals surface area contributed by atoms with Crippen LogP contribution >= 0.6 is 11.3 Å². The van der Waals surface area contributed by atoms with E-state index in [-0.39, 0.29) is 11.9 Å². The zero-order chi connectivity index (χ0) is 15.4. The predicted octanol–water partition coefficient (Wildman–Crippen LogP) is 1.82. The predicted molar refractivity (Wildman–Crippen MR) is 86.9 cm³/mol. The second kappa shape index (κ2) is 7.53. The summed E-state index contributed by atoms with van der Waals surface area (Å²) < 4.78 is 5.52. The lowest BCUT2D eigenvalue weighted by atomic mass is 9.84. The van der Waals surface area contributed by atoms with Crippen molar-refractivity contribution in [1.29, 1.82) is 0 Å². The molecule has 1 saturated carbocycles. The summed E-state index contributed by atoms with van der Waals surface area (Å²) in [6, 6.07) is -0.140. The van der Waals surface area contributed by atoms with E-state index in [1.165, 1.54) is 19.3 Å². The molecule has 2 aliphatic rings. The summed E-state index contributed by atoms with van der Waals surface area (Å²) in [6.07, 6.45) is 4.91. The average molecular weight is 323 g/mol. The van der Waals surface area contributed by atoms with Crippen LogP contribution in [0.1, 0.15) is 36.9 Å². The number of morpholine rings is 1. The monoisotopic (exact) mass is 323 g/mol. The molecule has 0 radical (unpaired) electrons. The maximum Gasteiger partial charge on any atom is 0.240 e. The van der Waals surface area contributed by atoms with E-state index < -0.39 is 0 Å². The number of hydrogen-bond donors (Lipinski definition) is 1. The van der Waals surface area contributed by atoms with Gasteiger partial charge in [0.05, 0.1) is 30.5 Å². The molecule has 3 rings (SSSR count). The topological polar surface area (TPSA) is 54.5 Å². The molecule has 0 spiro atoms. The molecule has 122 valence electrons. The number of thiazole rings is 1. The minimum atomic E-state index is -0.140. The Hall–Kier alpha value is -0.980. The van der Waals surface area contributed by atoms with Crippen molar-refractivity contribution in [2.75, 3.05) is 26.3 Å². The summed E-state index contributed by atoms with van der Waals surface area (Å²) in [5, 5.41) is 6.18. The lowest BCUT2D eigenvalue weighted by Gasteiger charge is -2.39. The molecule has 0 bridgehead atoms. The smallest absolute Gasteiger partial charge is 0.240 e. The summed E-state index contributed by atoms with van der Waals surface area (Å²) in [5.74, 6) is 0.851. The zero-order valence-corrected chi connectivity index (χ0v) is 14.0. The largest absolute Gasteiger partial charge is 0.378 e. The highest BCUT2D eigenvalue weighted by Gasteiger charge is 2.32. The maximum absolute atomic E-state index is 12.5. The Bertz CT molecular complexity index is 501. The number of aryl methyl sites for hydroxylation is 1. The van der Waals surface area contributed by atoms with Crippen LogP contribution in [0.3, 0.4) is 0 Å². The van der Waals surface area contributed by atoms with Crippen LogP contribution in [-0.2, 0) is 22.5 Å². The number of amides is 1. The van der Waals surface area contributed by atoms with Gasteiger partial charge in [-0.3, -0.25) is 9.69 Å². The summed E-state index contributed by atoms with van der Waals surface area (Å²) in [4.78, 5) is 19.3. The van der Waals surface area contributed by atoms with Gasteiger partial charge < -0.3 is 10.1 Å². The van der Waals surface area contributed by atoms with Gasteiger partial charge in [0.1, 0.15) is 6.04 Å². The number of hydrogen-bond acceptors (Lipinski definition) is 5. The molecule has 1 aliphatic carbocycles. The molecule has 0 unspecified atom stereocenters. The van der Waals surface area contributed by atoms with Crippen molar-refractivity contribution in [1.82, 2.24) is 15.2 Å². The van der Waals surface area contributed by atoms with Crippen LogP contribution in [0.5, 0.6) is 0 Å². The van der Waals surface area contributed by atoms with E-state index in [0.717, 1.165) is 42.7 Å². The van der Waals surface area contributed by atoms with Crippen molar-refractivity contribution in [3.63, 3.8) is 0 Å². The lowest BCUT2D eigenvalue weighted by Crippen LogP contribution is -2.55. The molecule has 1 saturated heterocycles. The van der Waals surface area contributed by atoms with Gasteiger partial charge in [-0.15, -0.1) is 11.3 Å². The Morgan fingerprint density at radius 3 is 3.09 bits per heavy atom. The second-order valence-corrected chi connectivity index (χ2v) is 7.13. The first kappa shape index (κ1) is 15.9. The van der Waals surface area contributed by atoms with E-state index in [9.17, 15) is 4.79 Å². The number of carbonyl (C=O) groups is 1. The van der Waals surface area contributed by atoms with Gasteiger partial charge in [-0.05, 0) is 25.2 Å². The van der Waals surface area contributed by atoms with Crippen LogP contribution in [0, 0.1) is 5.92 Å². The normalized spacial score (nSPS) is 23.2. The van der Waals surface area contributed by atoms with Crippen LogP contribution in [0.2, 0.25) is 0 Å². The standard InChI is InChI=1S/C16H25N3O2S/c1-2-15-18-13(11-22-15)8-17-16(20)14-10-21-7-6-19(14)9-12-4-3-5-12/h11-12,14H,2-10H2,1H3,(H,17,20)/t14-/m1/s1. The van der Waals surface area contributed by atoms with Gasteiger partial charge in [0.15, 0.2) is 0 Å². The molecule has 1 amide bonds. The van der Waals surface area contributed by atoms with E-state index >= 15 is 0 Å². The Kier molecular flexibility index (Phi) is 5.44. The highest BCUT2D eigenvalue weighted by Crippen LogP contribution is 2.28. The fourth-order valence-corrected chi connectivity index (χ4v) is 3.74. The number of nitrogens with zero attached hydrogens (tertiary/aromatic N) is 2. The van der Waals surface area contributed by atoms with E-state index in [1.54, 1.807) is 11.3 Å². The molecule has 2 heterocycles. The maximum atomic E-state index is 12.5. The van der Waals surface area contributed by atoms with E-state index in [0.29, 0.717) is 13.2 Å². The highest BCUT2D eigenvalue weighted by molar-refractivity contribution is 7.09. The van der Waals surface area contributed by atoms with Crippen LogP contribution in [-0.4, -0.2) is 48.1 Å². The van der Waals surface area contributed by atoms with Crippen molar-refractivity contribution < 1.29 is 9.53 Å². The number of carbonyl (C=O) groups excluding carboxylic acids is 1. The zero-order valence-electron chi connectivity index (χ0n) is 13.2. The number of aromatic nitrogens is 1. The third-order valence-corrected chi connectivity index (χ3v) is 5.65. The van der Waals surface area contributed by atoms with Crippen molar-refractivity contribution >= 4 is 17.2 Å². The fraction of sp³-hybridized carbons (Fsp3) is 0.750. The Morgan fingerprint density at radius 2 is 2.41 bits per heavy atom. The SMILES string of the molecule is CCc1nc(CNC(=O)[C@H]2COCCN2CC2CCC2)cs1. The summed E-state index contributed by atoms with van der Waals surface area (Å²) in [7, 11) is 0. The third-order valence-electron chi connectivity index (χ3n) is 4.60. The average Bonchev–Trinajstić information content (AvgIpc) is 2.97. The molecule has 22 heavy (non-hydrogen) atoms.